The number of nitrogens with zero attached hydrogens (tertiary/aromatic N) is 1. The topological polar surface area (TPSA) is 62.2 Å². The van der Waals surface area contributed by atoms with Gasteiger partial charge in [0.15, 0.2) is 0 Å². The number of hydrogen-bond acceptors (Lipinski definition) is 4. The van der Waals surface area contributed by atoms with E-state index in [0.29, 0.717) is 5.56 Å². The van der Waals surface area contributed by atoms with Gasteiger partial charge in [0.1, 0.15) is 0 Å². The third-order valence-electron chi connectivity index (χ3n) is 2.38. The Kier molecular flexibility index (Phi) is 3.85. The first-order valence-corrected chi connectivity index (χ1v) is 6.01. The predicted molar refractivity (Wildman–Crippen MR) is 65.8 cm³/mol. The zero-order valence-electron chi connectivity index (χ0n) is 9.04. The average Bonchev–Trinajstić information content (AvgIpc) is 2.90. The number of aromatic nitrogens is 1. The molecule has 0 saturated carbocycles. The molecule has 2 aromatic rings. The second-order valence-corrected chi connectivity index (χ2v) is 4.19. The zero-order chi connectivity index (χ0) is 12.1. The van der Waals surface area contributed by atoms with Crippen LogP contribution in [0, 0.1) is 0 Å². The largest absolute Gasteiger partial charge is 0.394 e. The molecular weight excluding hydrogens is 236 g/mol. The minimum Gasteiger partial charge on any atom is -0.394 e. The van der Waals surface area contributed by atoms with E-state index in [9.17, 15) is 9.90 Å². The first kappa shape index (κ1) is 11.8. The van der Waals surface area contributed by atoms with Crippen LogP contribution in [0.15, 0.2) is 41.9 Å². The van der Waals surface area contributed by atoms with Gasteiger partial charge in [0.05, 0.1) is 24.4 Å². The molecule has 0 fully saturated rings. The fourth-order valence-electron chi connectivity index (χ4n) is 1.48. The van der Waals surface area contributed by atoms with Crippen LogP contribution in [-0.4, -0.2) is 22.0 Å². The van der Waals surface area contributed by atoms with E-state index in [1.807, 2.05) is 30.3 Å². The molecule has 1 atom stereocenters. The van der Waals surface area contributed by atoms with Crippen molar-refractivity contribution >= 4 is 17.4 Å². The van der Waals surface area contributed by atoms with Crippen molar-refractivity contribution in [1.29, 1.82) is 0 Å². The van der Waals surface area contributed by atoms with Gasteiger partial charge in [-0.1, -0.05) is 30.3 Å². The van der Waals surface area contributed by atoms with Crippen molar-refractivity contribution in [2.24, 2.45) is 0 Å². The van der Waals surface area contributed by atoms with Crippen LogP contribution in [0.2, 0.25) is 0 Å². The Hall–Kier alpha value is -1.72. The lowest BCUT2D eigenvalue weighted by Gasteiger charge is -2.15. The maximum absolute atomic E-state index is 11.8. The van der Waals surface area contributed by atoms with Crippen molar-refractivity contribution in [2.45, 2.75) is 6.04 Å². The Morgan fingerprint density at radius 1 is 1.41 bits per heavy atom. The minimum absolute atomic E-state index is 0.132. The molecule has 1 aromatic carbocycles. The molecule has 17 heavy (non-hydrogen) atoms. The Labute approximate surface area is 103 Å². The van der Waals surface area contributed by atoms with Crippen LogP contribution in [0.25, 0.3) is 0 Å². The van der Waals surface area contributed by atoms with Gasteiger partial charge in [-0.05, 0) is 17.1 Å². The average molecular weight is 248 g/mol. The Balaban J connectivity index is 2.09. The molecule has 4 nitrogen and oxygen atoms in total. The number of nitrogens with one attached hydrogen (secondary N) is 1. The highest BCUT2D eigenvalue weighted by atomic mass is 32.1. The Bertz CT molecular complexity index is 471. The molecule has 1 aromatic heterocycles. The van der Waals surface area contributed by atoms with Crippen LogP contribution in [0.3, 0.4) is 0 Å². The quantitative estimate of drug-likeness (QED) is 0.864. The van der Waals surface area contributed by atoms with Gasteiger partial charge in [-0.25, -0.2) is 4.37 Å². The number of benzene rings is 1. The first-order chi connectivity index (χ1) is 8.31. The van der Waals surface area contributed by atoms with E-state index in [-0.39, 0.29) is 18.6 Å². The molecule has 0 aliphatic carbocycles. The van der Waals surface area contributed by atoms with Crippen molar-refractivity contribution in [1.82, 2.24) is 9.69 Å². The fourth-order valence-corrected chi connectivity index (χ4v) is 2.00. The van der Waals surface area contributed by atoms with Gasteiger partial charge in [-0.3, -0.25) is 4.79 Å². The summed E-state index contributed by atoms with van der Waals surface area (Å²) in [6.07, 6.45) is 1.51. The SMILES string of the molecule is O=C(N[C@@H](CO)c1ccccc1)c1cnsc1. The normalized spacial score (nSPS) is 12.1. The number of hydrogen-bond donors (Lipinski definition) is 2. The van der Waals surface area contributed by atoms with Crippen molar-refractivity contribution in [3.8, 4) is 0 Å². The van der Waals surface area contributed by atoms with Gasteiger partial charge in [-0.15, -0.1) is 0 Å². The van der Waals surface area contributed by atoms with Crippen LogP contribution < -0.4 is 5.32 Å². The molecule has 1 amide bonds. The number of aliphatic hydroxyl groups excluding tert-OH is 1. The maximum Gasteiger partial charge on any atom is 0.254 e. The third kappa shape index (κ3) is 2.89. The fraction of sp³-hybridized carbons (Fsp3) is 0.167. The molecule has 0 bridgehead atoms. The summed E-state index contributed by atoms with van der Waals surface area (Å²) in [6.45, 7) is -0.132. The molecule has 2 N–H and O–H groups in total. The zero-order valence-corrected chi connectivity index (χ0v) is 9.85. The lowest BCUT2D eigenvalue weighted by molar-refractivity contribution is 0.0916. The molecule has 1 heterocycles. The Morgan fingerprint density at radius 2 is 2.18 bits per heavy atom. The molecule has 0 unspecified atom stereocenters. The smallest absolute Gasteiger partial charge is 0.254 e. The summed E-state index contributed by atoms with van der Waals surface area (Å²) in [5, 5.41) is 13.7. The van der Waals surface area contributed by atoms with Gasteiger partial charge in [0.25, 0.3) is 5.91 Å². The van der Waals surface area contributed by atoms with E-state index in [1.54, 1.807) is 5.38 Å². The summed E-state index contributed by atoms with van der Waals surface area (Å²) in [7, 11) is 0. The van der Waals surface area contributed by atoms with Gasteiger partial charge in [-0.2, -0.15) is 0 Å². The summed E-state index contributed by atoms with van der Waals surface area (Å²) >= 11 is 1.23. The lowest BCUT2D eigenvalue weighted by atomic mass is 10.1. The number of rotatable bonds is 4. The van der Waals surface area contributed by atoms with E-state index >= 15 is 0 Å². The second kappa shape index (κ2) is 5.56. The van der Waals surface area contributed by atoms with E-state index in [1.165, 1.54) is 17.7 Å². The van der Waals surface area contributed by atoms with E-state index in [0.717, 1.165) is 5.56 Å². The highest BCUT2D eigenvalue weighted by Crippen LogP contribution is 2.13. The van der Waals surface area contributed by atoms with Gasteiger partial charge >= 0.3 is 0 Å². The molecule has 88 valence electrons. The maximum atomic E-state index is 11.8. The van der Waals surface area contributed by atoms with Gasteiger partial charge < -0.3 is 10.4 Å². The Morgan fingerprint density at radius 3 is 2.76 bits per heavy atom. The minimum atomic E-state index is -0.386. The van der Waals surface area contributed by atoms with Crippen LogP contribution in [0.4, 0.5) is 0 Å². The van der Waals surface area contributed by atoms with Crippen LogP contribution in [0.5, 0.6) is 0 Å². The van der Waals surface area contributed by atoms with Crippen LogP contribution >= 0.6 is 11.5 Å². The monoisotopic (exact) mass is 248 g/mol. The second-order valence-electron chi connectivity index (χ2n) is 3.53. The summed E-state index contributed by atoms with van der Waals surface area (Å²) in [4.78, 5) is 11.8. The van der Waals surface area contributed by atoms with Gasteiger partial charge in [0.2, 0.25) is 0 Å². The standard InChI is InChI=1S/C12H12N2O2S/c15-7-11(9-4-2-1-3-5-9)14-12(16)10-6-13-17-8-10/h1-6,8,11,15H,7H2,(H,14,16)/t11-/m0/s1. The first-order valence-electron chi connectivity index (χ1n) is 5.17. The van der Waals surface area contributed by atoms with Crippen molar-refractivity contribution < 1.29 is 9.90 Å². The highest BCUT2D eigenvalue weighted by Gasteiger charge is 2.14. The van der Waals surface area contributed by atoms with Gasteiger partial charge in [0, 0.05) is 5.38 Å². The molecule has 0 radical (unpaired) electrons. The summed E-state index contributed by atoms with van der Waals surface area (Å²) in [6, 6.07) is 8.98. The number of aliphatic hydroxyl groups is 1. The number of carbonyl (C=O) groups is 1. The van der Waals surface area contributed by atoms with E-state index < -0.39 is 0 Å². The van der Waals surface area contributed by atoms with E-state index in [2.05, 4.69) is 9.69 Å². The summed E-state index contributed by atoms with van der Waals surface area (Å²) in [5.74, 6) is -0.221. The molecule has 0 aliphatic heterocycles. The number of carbonyl (C=O) groups excluding carboxylic acids is 1. The van der Waals surface area contributed by atoms with Crippen molar-refractivity contribution in [3.05, 3.63) is 53.0 Å². The third-order valence-corrected chi connectivity index (χ3v) is 2.97. The molecule has 0 saturated heterocycles. The molecule has 0 aliphatic rings. The molecule has 5 heteroatoms. The summed E-state index contributed by atoms with van der Waals surface area (Å²) < 4.78 is 3.87. The van der Waals surface area contributed by atoms with Crippen LogP contribution in [-0.2, 0) is 0 Å². The highest BCUT2D eigenvalue weighted by molar-refractivity contribution is 7.03. The van der Waals surface area contributed by atoms with E-state index in [4.69, 9.17) is 0 Å². The number of amides is 1. The molecule has 2 rings (SSSR count). The van der Waals surface area contributed by atoms with Crippen molar-refractivity contribution in [2.75, 3.05) is 6.61 Å². The van der Waals surface area contributed by atoms with Crippen LogP contribution in [0.1, 0.15) is 22.0 Å². The molecule has 0 spiro atoms. The van der Waals surface area contributed by atoms with Crippen molar-refractivity contribution in [3.63, 3.8) is 0 Å². The molecular formula is C12H12N2O2S. The lowest BCUT2D eigenvalue weighted by Crippen LogP contribution is -2.30. The summed E-state index contributed by atoms with van der Waals surface area (Å²) in [5.41, 5.74) is 1.40. The predicted octanol–water partition coefficient (Wildman–Crippen LogP) is 1.61.